The van der Waals surface area contributed by atoms with Crippen LogP contribution in [0, 0.1) is 5.92 Å². The Morgan fingerprint density at radius 2 is 2.15 bits per heavy atom. The fraction of sp³-hybridized carbons (Fsp3) is 0.500. The lowest BCUT2D eigenvalue weighted by Crippen LogP contribution is -2.38. The van der Waals surface area contributed by atoms with E-state index in [1.807, 2.05) is 13.8 Å². The molecule has 0 aliphatic carbocycles. The minimum Gasteiger partial charge on any atom is -0.480 e. The molecule has 0 aliphatic rings. The molecule has 8 heteroatoms. The van der Waals surface area contributed by atoms with Gasteiger partial charge in [-0.15, -0.1) is 0 Å². The zero-order chi connectivity index (χ0) is 15.3. The fourth-order valence-electron chi connectivity index (χ4n) is 1.57. The maximum absolute atomic E-state index is 12.4. The highest BCUT2D eigenvalue weighted by atomic mass is 35.5. The second-order valence-corrected chi connectivity index (χ2v) is 5.71. The first-order valence-corrected chi connectivity index (χ1v) is 7.53. The standard InChI is InChI=1S/C12H16ClN3O3S/c1-7(2)5-16(6-9(17)18)11(19)10-8(13)4-14-12(15-10)20-3/h4,7H,5-6H2,1-3H3,(H,17,18). The highest BCUT2D eigenvalue weighted by molar-refractivity contribution is 7.98. The Bertz CT molecular complexity index is 511. The lowest BCUT2D eigenvalue weighted by molar-refractivity contribution is -0.137. The van der Waals surface area contributed by atoms with E-state index in [1.54, 1.807) is 6.26 Å². The SMILES string of the molecule is CSc1ncc(Cl)c(C(=O)N(CC(=O)O)CC(C)C)n1. The molecule has 20 heavy (non-hydrogen) atoms. The van der Waals surface area contributed by atoms with Crippen LogP contribution in [0.4, 0.5) is 0 Å². The van der Waals surface area contributed by atoms with Gasteiger partial charge in [-0.3, -0.25) is 9.59 Å². The Hall–Kier alpha value is -1.34. The third kappa shape index (κ3) is 4.64. The maximum Gasteiger partial charge on any atom is 0.323 e. The topological polar surface area (TPSA) is 83.4 Å². The van der Waals surface area contributed by atoms with Gasteiger partial charge in [0, 0.05) is 6.54 Å². The lowest BCUT2D eigenvalue weighted by Gasteiger charge is -2.22. The molecular formula is C12H16ClN3O3S. The molecule has 0 saturated heterocycles. The van der Waals surface area contributed by atoms with Gasteiger partial charge in [0.25, 0.3) is 5.91 Å². The molecule has 1 N–H and O–H groups in total. The number of carboxylic acids is 1. The first kappa shape index (κ1) is 16.7. The van der Waals surface area contributed by atoms with Crippen LogP contribution in [-0.4, -0.2) is 51.2 Å². The number of aliphatic carboxylic acids is 1. The highest BCUT2D eigenvalue weighted by Gasteiger charge is 2.23. The Morgan fingerprint density at radius 3 is 2.65 bits per heavy atom. The summed E-state index contributed by atoms with van der Waals surface area (Å²) in [6.07, 6.45) is 3.13. The van der Waals surface area contributed by atoms with E-state index in [-0.39, 0.29) is 23.2 Å². The molecule has 6 nitrogen and oxygen atoms in total. The number of nitrogens with zero attached hydrogens (tertiary/aromatic N) is 3. The van der Waals surface area contributed by atoms with Crippen LogP contribution in [-0.2, 0) is 4.79 Å². The van der Waals surface area contributed by atoms with E-state index < -0.39 is 11.9 Å². The zero-order valence-electron chi connectivity index (χ0n) is 11.5. The van der Waals surface area contributed by atoms with E-state index >= 15 is 0 Å². The van der Waals surface area contributed by atoms with Gasteiger partial charge < -0.3 is 10.0 Å². The number of thioether (sulfide) groups is 1. The number of amides is 1. The van der Waals surface area contributed by atoms with Crippen molar-refractivity contribution in [1.29, 1.82) is 0 Å². The highest BCUT2D eigenvalue weighted by Crippen LogP contribution is 2.18. The first-order chi connectivity index (χ1) is 9.35. The van der Waals surface area contributed by atoms with Gasteiger partial charge in [0.15, 0.2) is 10.9 Å². The van der Waals surface area contributed by atoms with Gasteiger partial charge >= 0.3 is 5.97 Å². The van der Waals surface area contributed by atoms with Crippen molar-refractivity contribution in [2.24, 2.45) is 5.92 Å². The quantitative estimate of drug-likeness (QED) is 0.638. The van der Waals surface area contributed by atoms with E-state index in [2.05, 4.69) is 9.97 Å². The normalized spacial score (nSPS) is 10.7. The van der Waals surface area contributed by atoms with Crippen molar-refractivity contribution in [2.75, 3.05) is 19.3 Å². The number of carbonyl (C=O) groups is 2. The molecule has 0 saturated carbocycles. The molecule has 1 amide bonds. The molecule has 0 aromatic carbocycles. The summed E-state index contributed by atoms with van der Waals surface area (Å²) in [4.78, 5) is 32.5. The van der Waals surface area contributed by atoms with Gasteiger partial charge in [-0.05, 0) is 12.2 Å². The van der Waals surface area contributed by atoms with Crippen LogP contribution >= 0.6 is 23.4 Å². The van der Waals surface area contributed by atoms with Crippen molar-refractivity contribution in [3.8, 4) is 0 Å². The summed E-state index contributed by atoms with van der Waals surface area (Å²) in [7, 11) is 0. The van der Waals surface area contributed by atoms with Gasteiger partial charge in [-0.25, -0.2) is 9.97 Å². The summed E-state index contributed by atoms with van der Waals surface area (Å²) in [5.74, 6) is -1.43. The van der Waals surface area contributed by atoms with Crippen LogP contribution in [0.15, 0.2) is 11.4 Å². The van der Waals surface area contributed by atoms with Crippen molar-refractivity contribution in [3.63, 3.8) is 0 Å². The molecule has 0 unspecified atom stereocenters. The minimum absolute atomic E-state index is 0.0351. The Kier molecular flexibility index (Phi) is 6.22. The van der Waals surface area contributed by atoms with Crippen LogP contribution in [0.2, 0.25) is 5.02 Å². The van der Waals surface area contributed by atoms with Crippen molar-refractivity contribution >= 4 is 35.2 Å². The van der Waals surface area contributed by atoms with Gasteiger partial charge in [-0.2, -0.15) is 0 Å². The second kappa shape index (κ2) is 7.44. The average Bonchev–Trinajstić information content (AvgIpc) is 2.36. The molecule has 0 bridgehead atoms. The van der Waals surface area contributed by atoms with Crippen molar-refractivity contribution in [2.45, 2.75) is 19.0 Å². The number of hydrogen-bond donors (Lipinski definition) is 1. The number of rotatable bonds is 6. The number of hydrogen-bond acceptors (Lipinski definition) is 5. The number of carboxylic acid groups (broad SMARTS) is 1. The van der Waals surface area contributed by atoms with Crippen LogP contribution in [0.3, 0.4) is 0 Å². The summed E-state index contributed by atoms with van der Waals surface area (Å²) in [6.45, 7) is 3.74. The molecule has 0 atom stereocenters. The molecule has 1 heterocycles. The fourth-order valence-corrected chi connectivity index (χ4v) is 2.08. The Labute approximate surface area is 126 Å². The van der Waals surface area contributed by atoms with Crippen LogP contribution < -0.4 is 0 Å². The number of carbonyl (C=O) groups excluding carboxylic acids is 1. The maximum atomic E-state index is 12.4. The van der Waals surface area contributed by atoms with E-state index in [1.165, 1.54) is 22.9 Å². The van der Waals surface area contributed by atoms with E-state index in [0.717, 1.165) is 0 Å². The molecule has 1 rings (SSSR count). The molecular weight excluding hydrogens is 302 g/mol. The van der Waals surface area contributed by atoms with Gasteiger partial charge in [0.05, 0.1) is 11.2 Å². The van der Waals surface area contributed by atoms with E-state index in [0.29, 0.717) is 11.7 Å². The average molecular weight is 318 g/mol. The third-order valence-corrected chi connectivity index (χ3v) is 3.14. The predicted octanol–water partition coefficient (Wildman–Crippen LogP) is 2.03. The number of halogens is 1. The summed E-state index contributed by atoms with van der Waals surface area (Å²) in [5.41, 5.74) is 0.0351. The van der Waals surface area contributed by atoms with Crippen molar-refractivity contribution in [3.05, 3.63) is 16.9 Å². The monoisotopic (exact) mass is 317 g/mol. The molecule has 0 spiro atoms. The number of aromatic nitrogens is 2. The second-order valence-electron chi connectivity index (χ2n) is 4.53. The van der Waals surface area contributed by atoms with Crippen LogP contribution in [0.25, 0.3) is 0 Å². The zero-order valence-corrected chi connectivity index (χ0v) is 13.0. The minimum atomic E-state index is -1.07. The molecule has 0 aliphatic heterocycles. The Morgan fingerprint density at radius 1 is 1.50 bits per heavy atom. The Balaban J connectivity index is 3.07. The van der Waals surface area contributed by atoms with Crippen LogP contribution in [0.5, 0.6) is 0 Å². The molecule has 1 aromatic rings. The van der Waals surface area contributed by atoms with Crippen LogP contribution in [0.1, 0.15) is 24.3 Å². The van der Waals surface area contributed by atoms with Crippen molar-refractivity contribution < 1.29 is 14.7 Å². The summed E-state index contributed by atoms with van der Waals surface area (Å²) >= 11 is 7.22. The molecule has 0 radical (unpaired) electrons. The lowest BCUT2D eigenvalue weighted by atomic mass is 10.2. The van der Waals surface area contributed by atoms with Gasteiger partial charge in [-0.1, -0.05) is 37.2 Å². The van der Waals surface area contributed by atoms with Gasteiger partial charge in [0.1, 0.15) is 6.54 Å². The summed E-state index contributed by atoms with van der Waals surface area (Å²) in [5, 5.41) is 9.43. The predicted molar refractivity (Wildman–Crippen MR) is 77.2 cm³/mol. The van der Waals surface area contributed by atoms with Gasteiger partial charge in [0.2, 0.25) is 0 Å². The third-order valence-electron chi connectivity index (χ3n) is 2.31. The smallest absolute Gasteiger partial charge is 0.323 e. The summed E-state index contributed by atoms with van der Waals surface area (Å²) < 4.78 is 0. The first-order valence-electron chi connectivity index (χ1n) is 5.92. The largest absolute Gasteiger partial charge is 0.480 e. The van der Waals surface area contributed by atoms with E-state index in [9.17, 15) is 9.59 Å². The van der Waals surface area contributed by atoms with Crippen molar-refractivity contribution in [1.82, 2.24) is 14.9 Å². The van der Waals surface area contributed by atoms with E-state index in [4.69, 9.17) is 16.7 Å². The summed E-state index contributed by atoms with van der Waals surface area (Å²) in [6, 6.07) is 0. The molecule has 110 valence electrons. The molecule has 0 fully saturated rings. The molecule has 1 aromatic heterocycles.